The standard InChI is InChI=1S/C9H5BrF2S/c10-4-5-1-2-7-6(9(5)12)3-8(11)13-7/h1-3H,4H2. The van der Waals surface area contributed by atoms with Gasteiger partial charge in [0.1, 0.15) is 5.82 Å². The van der Waals surface area contributed by atoms with Crippen LogP contribution in [0.2, 0.25) is 0 Å². The van der Waals surface area contributed by atoms with Crippen molar-refractivity contribution in [2.45, 2.75) is 5.33 Å². The number of alkyl halides is 1. The quantitative estimate of drug-likeness (QED) is 0.680. The molecule has 0 N–H and O–H groups in total. The lowest BCUT2D eigenvalue weighted by Crippen LogP contribution is -1.84. The summed E-state index contributed by atoms with van der Waals surface area (Å²) in [6.07, 6.45) is 0. The zero-order chi connectivity index (χ0) is 9.42. The van der Waals surface area contributed by atoms with Gasteiger partial charge in [0.15, 0.2) is 5.13 Å². The van der Waals surface area contributed by atoms with Crippen molar-refractivity contribution in [3.05, 3.63) is 34.7 Å². The lowest BCUT2D eigenvalue weighted by molar-refractivity contribution is 0.627. The fraction of sp³-hybridized carbons (Fsp3) is 0.111. The van der Waals surface area contributed by atoms with Crippen molar-refractivity contribution in [3.63, 3.8) is 0 Å². The van der Waals surface area contributed by atoms with Crippen LogP contribution in [0.3, 0.4) is 0 Å². The molecule has 0 atom stereocenters. The van der Waals surface area contributed by atoms with Gasteiger partial charge in [-0.3, -0.25) is 0 Å². The van der Waals surface area contributed by atoms with Crippen LogP contribution >= 0.6 is 27.3 Å². The maximum Gasteiger partial charge on any atom is 0.177 e. The van der Waals surface area contributed by atoms with E-state index in [1.165, 1.54) is 6.07 Å². The highest BCUT2D eigenvalue weighted by atomic mass is 79.9. The molecule has 0 fully saturated rings. The van der Waals surface area contributed by atoms with E-state index in [0.717, 1.165) is 11.3 Å². The van der Waals surface area contributed by atoms with Crippen molar-refractivity contribution in [2.24, 2.45) is 0 Å². The van der Waals surface area contributed by atoms with Crippen LogP contribution in [0.15, 0.2) is 18.2 Å². The molecule has 13 heavy (non-hydrogen) atoms. The number of hydrogen-bond donors (Lipinski definition) is 0. The molecular weight excluding hydrogens is 258 g/mol. The van der Waals surface area contributed by atoms with Gasteiger partial charge < -0.3 is 0 Å². The van der Waals surface area contributed by atoms with Crippen molar-refractivity contribution in [1.29, 1.82) is 0 Å². The van der Waals surface area contributed by atoms with Crippen LogP contribution in [0.5, 0.6) is 0 Å². The highest BCUT2D eigenvalue weighted by molar-refractivity contribution is 9.08. The maximum absolute atomic E-state index is 13.5. The van der Waals surface area contributed by atoms with Crippen molar-refractivity contribution >= 4 is 37.4 Å². The van der Waals surface area contributed by atoms with Gasteiger partial charge in [0.2, 0.25) is 0 Å². The van der Waals surface area contributed by atoms with E-state index >= 15 is 0 Å². The predicted molar refractivity (Wildman–Crippen MR) is 54.4 cm³/mol. The van der Waals surface area contributed by atoms with E-state index in [4.69, 9.17) is 0 Å². The second-order valence-electron chi connectivity index (χ2n) is 2.63. The smallest absolute Gasteiger partial charge is 0.177 e. The largest absolute Gasteiger partial charge is 0.206 e. The first-order valence-corrected chi connectivity index (χ1v) is 5.58. The second-order valence-corrected chi connectivity index (χ2v) is 4.23. The topological polar surface area (TPSA) is 0 Å². The molecule has 2 rings (SSSR count). The Morgan fingerprint density at radius 1 is 1.31 bits per heavy atom. The number of halogens is 3. The maximum atomic E-state index is 13.5. The third-order valence-corrected chi connectivity index (χ3v) is 3.32. The van der Waals surface area contributed by atoms with Crippen molar-refractivity contribution < 1.29 is 8.78 Å². The molecule has 0 saturated heterocycles. The first-order valence-electron chi connectivity index (χ1n) is 3.65. The van der Waals surface area contributed by atoms with Crippen LogP contribution < -0.4 is 0 Å². The molecule has 0 amide bonds. The van der Waals surface area contributed by atoms with Gasteiger partial charge in [-0.15, -0.1) is 11.3 Å². The number of thiophene rings is 1. The summed E-state index contributed by atoms with van der Waals surface area (Å²) >= 11 is 4.13. The highest BCUT2D eigenvalue weighted by Gasteiger charge is 2.09. The summed E-state index contributed by atoms with van der Waals surface area (Å²) in [5, 5.41) is 0.478. The van der Waals surface area contributed by atoms with Crippen LogP contribution in [0, 0.1) is 10.9 Å². The molecule has 0 nitrogen and oxygen atoms in total. The van der Waals surface area contributed by atoms with Gasteiger partial charge in [0.25, 0.3) is 0 Å². The predicted octanol–water partition coefficient (Wildman–Crippen LogP) is 4.07. The summed E-state index contributed by atoms with van der Waals surface area (Å²) < 4.78 is 26.9. The average Bonchev–Trinajstić information content (AvgIpc) is 2.47. The molecule has 0 radical (unpaired) electrons. The van der Waals surface area contributed by atoms with Crippen LogP contribution in [0.1, 0.15) is 5.56 Å². The third-order valence-electron chi connectivity index (χ3n) is 1.83. The summed E-state index contributed by atoms with van der Waals surface area (Å²) in [6.45, 7) is 0. The summed E-state index contributed by atoms with van der Waals surface area (Å²) in [4.78, 5) is 0. The molecule has 1 aromatic heterocycles. The molecule has 0 unspecified atom stereocenters. The number of rotatable bonds is 1. The molecule has 0 saturated carbocycles. The van der Waals surface area contributed by atoms with Crippen LogP contribution in [-0.2, 0) is 5.33 Å². The Kier molecular flexibility index (Phi) is 2.34. The summed E-state index contributed by atoms with van der Waals surface area (Å²) in [5.74, 6) is -0.325. The van der Waals surface area contributed by atoms with Crippen LogP contribution in [0.25, 0.3) is 10.1 Å². The Bertz CT molecular complexity index is 450. The molecule has 0 spiro atoms. The van der Waals surface area contributed by atoms with Gasteiger partial charge in [-0.25, -0.2) is 4.39 Å². The lowest BCUT2D eigenvalue weighted by Gasteiger charge is -1.98. The van der Waals surface area contributed by atoms with Gasteiger partial charge in [-0.05, 0) is 17.7 Å². The summed E-state index contributed by atoms with van der Waals surface area (Å²) in [7, 11) is 0. The van der Waals surface area contributed by atoms with Crippen LogP contribution in [-0.4, -0.2) is 0 Å². The van der Waals surface area contributed by atoms with E-state index < -0.39 is 0 Å². The second kappa shape index (κ2) is 3.35. The fourth-order valence-electron chi connectivity index (χ4n) is 1.20. The van der Waals surface area contributed by atoms with Gasteiger partial charge in [0.05, 0.1) is 0 Å². The SMILES string of the molecule is Fc1cc2c(F)c(CBr)ccc2s1. The van der Waals surface area contributed by atoms with Gasteiger partial charge in [0, 0.05) is 15.4 Å². The van der Waals surface area contributed by atoms with E-state index in [2.05, 4.69) is 15.9 Å². The van der Waals surface area contributed by atoms with Crippen molar-refractivity contribution in [1.82, 2.24) is 0 Å². The Morgan fingerprint density at radius 3 is 2.77 bits per heavy atom. The first kappa shape index (κ1) is 9.09. The minimum atomic E-state index is -0.347. The average molecular weight is 263 g/mol. The van der Waals surface area contributed by atoms with E-state index in [1.807, 2.05) is 0 Å². The number of benzene rings is 1. The third kappa shape index (κ3) is 1.48. The normalized spacial score (nSPS) is 11.0. The molecule has 2 aromatic rings. The molecular formula is C9H5BrF2S. The van der Waals surface area contributed by atoms with E-state index in [1.54, 1.807) is 12.1 Å². The number of hydrogen-bond acceptors (Lipinski definition) is 1. The minimum absolute atomic E-state index is 0.325. The monoisotopic (exact) mass is 262 g/mol. The summed E-state index contributed by atoms with van der Waals surface area (Å²) in [6, 6.07) is 4.65. The first-order chi connectivity index (χ1) is 6.22. The zero-order valence-corrected chi connectivity index (χ0v) is 8.88. The Morgan fingerprint density at radius 2 is 2.08 bits per heavy atom. The van der Waals surface area contributed by atoms with Crippen molar-refractivity contribution in [2.75, 3.05) is 0 Å². The molecule has 0 bridgehead atoms. The zero-order valence-electron chi connectivity index (χ0n) is 6.48. The van der Waals surface area contributed by atoms with E-state index in [9.17, 15) is 8.78 Å². The van der Waals surface area contributed by atoms with E-state index in [0.29, 0.717) is 21.0 Å². The molecule has 1 aromatic carbocycles. The van der Waals surface area contributed by atoms with Gasteiger partial charge in [-0.2, -0.15) is 4.39 Å². The molecule has 68 valence electrons. The lowest BCUT2D eigenvalue weighted by atomic mass is 10.2. The minimum Gasteiger partial charge on any atom is -0.206 e. The number of fused-ring (bicyclic) bond motifs is 1. The molecule has 1 heterocycles. The van der Waals surface area contributed by atoms with Crippen LogP contribution in [0.4, 0.5) is 8.78 Å². The Hall–Kier alpha value is -0.480. The molecule has 0 aliphatic carbocycles. The fourth-order valence-corrected chi connectivity index (χ4v) is 2.41. The highest BCUT2D eigenvalue weighted by Crippen LogP contribution is 2.29. The molecule has 0 aliphatic heterocycles. The summed E-state index contributed by atoms with van der Waals surface area (Å²) in [5.41, 5.74) is 0.560. The van der Waals surface area contributed by atoms with E-state index in [-0.39, 0.29) is 10.9 Å². The molecule has 0 aliphatic rings. The van der Waals surface area contributed by atoms with Gasteiger partial charge in [-0.1, -0.05) is 22.0 Å². The Labute approximate surface area is 86.3 Å². The van der Waals surface area contributed by atoms with Gasteiger partial charge >= 0.3 is 0 Å². The Balaban J connectivity index is 2.78. The van der Waals surface area contributed by atoms with Crippen molar-refractivity contribution in [3.8, 4) is 0 Å². The molecule has 4 heteroatoms.